The van der Waals surface area contributed by atoms with Crippen LogP contribution in [0.5, 0.6) is 0 Å². The summed E-state index contributed by atoms with van der Waals surface area (Å²) in [5, 5.41) is 11.2. The van der Waals surface area contributed by atoms with Gasteiger partial charge in [-0.1, -0.05) is 18.1 Å². The zero-order chi connectivity index (χ0) is 13.8. The predicted molar refractivity (Wildman–Crippen MR) is 66.6 cm³/mol. The Morgan fingerprint density at radius 3 is 2.78 bits per heavy atom. The largest absolute Gasteiger partial charge is 0.409 e. The number of nitrogens with one attached hydrogen (secondary N) is 1. The number of nitrogens with zero attached hydrogens (tertiary/aromatic N) is 1. The van der Waals surface area contributed by atoms with Crippen molar-refractivity contribution in [2.24, 2.45) is 10.9 Å². The van der Waals surface area contributed by atoms with Gasteiger partial charge in [0, 0.05) is 0 Å². The second kappa shape index (κ2) is 5.67. The van der Waals surface area contributed by atoms with E-state index in [2.05, 4.69) is 9.88 Å². The van der Waals surface area contributed by atoms with E-state index in [1.807, 2.05) is 0 Å². The molecule has 0 bridgehead atoms. The molecule has 0 heterocycles. The van der Waals surface area contributed by atoms with E-state index in [4.69, 9.17) is 10.9 Å². The summed E-state index contributed by atoms with van der Waals surface area (Å²) >= 11 is 0. The monoisotopic (exact) mass is 275 g/mol. The fourth-order valence-corrected chi connectivity index (χ4v) is 2.55. The highest BCUT2D eigenvalue weighted by Gasteiger charge is 2.17. The molecule has 0 unspecified atom stereocenters. The molecule has 1 rings (SSSR count). The number of oxime groups is 1. The molecule has 1 aromatic carbocycles. The molecule has 0 aliphatic heterocycles. The number of amidine groups is 1. The number of sulfonamides is 1. The zero-order valence-electron chi connectivity index (χ0n) is 9.72. The van der Waals surface area contributed by atoms with E-state index in [1.165, 1.54) is 12.1 Å². The van der Waals surface area contributed by atoms with E-state index < -0.39 is 21.7 Å². The molecule has 100 valence electrons. The van der Waals surface area contributed by atoms with Gasteiger partial charge in [-0.25, -0.2) is 12.8 Å². The van der Waals surface area contributed by atoms with Gasteiger partial charge in [-0.3, -0.25) is 4.72 Å². The Morgan fingerprint density at radius 1 is 1.56 bits per heavy atom. The van der Waals surface area contributed by atoms with Crippen LogP contribution in [0.15, 0.2) is 23.4 Å². The fraction of sp³-hybridized carbons (Fsp3) is 0.300. The maximum absolute atomic E-state index is 13.5. The van der Waals surface area contributed by atoms with Crippen molar-refractivity contribution in [1.29, 1.82) is 0 Å². The number of nitrogens with two attached hydrogens (primary N) is 1. The van der Waals surface area contributed by atoms with Crippen LogP contribution in [-0.2, 0) is 10.0 Å². The maximum Gasteiger partial charge on any atom is 0.232 e. The van der Waals surface area contributed by atoms with Crippen molar-refractivity contribution >= 4 is 21.5 Å². The summed E-state index contributed by atoms with van der Waals surface area (Å²) in [5.74, 6) is -1.37. The Hall–Kier alpha value is -1.83. The van der Waals surface area contributed by atoms with Crippen molar-refractivity contribution in [3.8, 4) is 0 Å². The van der Waals surface area contributed by atoms with Crippen molar-refractivity contribution in [3.63, 3.8) is 0 Å². The standard InChI is InChI=1S/C10H14FN3O3S/c1-2-6-18(16,17)14-8-5-3-4-7(11)9(8)10(12)13-15/h3-5,14-15H,2,6H2,1H3,(H2,12,13). The van der Waals surface area contributed by atoms with E-state index in [-0.39, 0.29) is 17.0 Å². The molecule has 6 nitrogen and oxygen atoms in total. The van der Waals surface area contributed by atoms with Gasteiger partial charge in [0.05, 0.1) is 17.0 Å². The maximum atomic E-state index is 13.5. The first kappa shape index (κ1) is 14.2. The minimum Gasteiger partial charge on any atom is -0.409 e. The highest BCUT2D eigenvalue weighted by Crippen LogP contribution is 2.20. The molecule has 0 atom stereocenters. The SMILES string of the molecule is CCCS(=O)(=O)Nc1cccc(F)c1/C(N)=N/O. The van der Waals surface area contributed by atoms with Crippen molar-refractivity contribution < 1.29 is 18.0 Å². The molecule has 0 aromatic heterocycles. The topological polar surface area (TPSA) is 105 Å². The first-order valence-electron chi connectivity index (χ1n) is 5.18. The van der Waals surface area contributed by atoms with Crippen molar-refractivity contribution in [2.45, 2.75) is 13.3 Å². The second-order valence-electron chi connectivity index (χ2n) is 3.57. The van der Waals surface area contributed by atoms with Gasteiger partial charge in [-0.2, -0.15) is 0 Å². The summed E-state index contributed by atoms with van der Waals surface area (Å²) in [7, 11) is -3.57. The third-order valence-corrected chi connectivity index (χ3v) is 3.59. The Bertz CT molecular complexity index is 557. The quantitative estimate of drug-likeness (QED) is 0.323. The van der Waals surface area contributed by atoms with Crippen molar-refractivity contribution in [2.75, 3.05) is 10.5 Å². The lowest BCUT2D eigenvalue weighted by Crippen LogP contribution is -2.22. The third kappa shape index (κ3) is 3.33. The van der Waals surface area contributed by atoms with Crippen molar-refractivity contribution in [3.05, 3.63) is 29.6 Å². The minimum absolute atomic E-state index is 0.0567. The van der Waals surface area contributed by atoms with Crippen LogP contribution in [0.1, 0.15) is 18.9 Å². The highest BCUT2D eigenvalue weighted by atomic mass is 32.2. The van der Waals surface area contributed by atoms with Gasteiger partial charge < -0.3 is 10.9 Å². The van der Waals surface area contributed by atoms with Crippen LogP contribution in [-0.4, -0.2) is 25.2 Å². The van der Waals surface area contributed by atoms with Crippen LogP contribution in [0.2, 0.25) is 0 Å². The van der Waals surface area contributed by atoms with E-state index in [9.17, 15) is 12.8 Å². The van der Waals surface area contributed by atoms with Crippen LogP contribution >= 0.6 is 0 Å². The molecule has 0 amide bonds. The van der Waals surface area contributed by atoms with E-state index in [1.54, 1.807) is 6.92 Å². The van der Waals surface area contributed by atoms with Crippen LogP contribution < -0.4 is 10.5 Å². The number of benzene rings is 1. The van der Waals surface area contributed by atoms with Crippen LogP contribution in [0.25, 0.3) is 0 Å². The van der Waals surface area contributed by atoms with Gasteiger partial charge in [0.15, 0.2) is 5.84 Å². The normalized spacial score (nSPS) is 12.4. The molecular weight excluding hydrogens is 261 g/mol. The summed E-state index contributed by atoms with van der Waals surface area (Å²) in [6.07, 6.45) is 0.420. The molecule has 0 radical (unpaired) electrons. The van der Waals surface area contributed by atoms with E-state index >= 15 is 0 Å². The highest BCUT2D eigenvalue weighted by molar-refractivity contribution is 7.92. The summed E-state index contributed by atoms with van der Waals surface area (Å²) in [6, 6.07) is 3.75. The molecule has 0 aliphatic carbocycles. The molecule has 0 saturated carbocycles. The molecule has 18 heavy (non-hydrogen) atoms. The molecule has 4 N–H and O–H groups in total. The van der Waals surface area contributed by atoms with Gasteiger partial charge in [0.2, 0.25) is 10.0 Å². The molecule has 0 saturated heterocycles. The van der Waals surface area contributed by atoms with E-state index in [0.29, 0.717) is 6.42 Å². The van der Waals surface area contributed by atoms with E-state index in [0.717, 1.165) is 6.07 Å². The van der Waals surface area contributed by atoms with Gasteiger partial charge in [-0.15, -0.1) is 0 Å². The Kier molecular flexibility index (Phi) is 4.49. The predicted octanol–water partition coefficient (Wildman–Crippen LogP) is 1.07. The number of anilines is 1. The summed E-state index contributed by atoms with van der Waals surface area (Å²) in [6.45, 7) is 1.70. The molecule has 8 heteroatoms. The molecule has 0 aliphatic rings. The third-order valence-electron chi connectivity index (χ3n) is 2.12. The van der Waals surface area contributed by atoms with Gasteiger partial charge in [-0.05, 0) is 18.6 Å². The first-order chi connectivity index (χ1) is 8.41. The molecule has 1 aromatic rings. The summed E-state index contributed by atoms with van der Waals surface area (Å²) < 4.78 is 38.9. The van der Waals surface area contributed by atoms with Gasteiger partial charge in [0.25, 0.3) is 0 Å². The van der Waals surface area contributed by atoms with Crippen LogP contribution in [0.4, 0.5) is 10.1 Å². The molecule has 0 spiro atoms. The summed E-state index contributed by atoms with van der Waals surface area (Å²) in [5.41, 5.74) is 4.98. The lowest BCUT2D eigenvalue weighted by Gasteiger charge is -2.11. The zero-order valence-corrected chi connectivity index (χ0v) is 10.5. The molecule has 0 fully saturated rings. The first-order valence-corrected chi connectivity index (χ1v) is 6.83. The molecular formula is C10H14FN3O3S. The average Bonchev–Trinajstić information content (AvgIpc) is 2.27. The minimum atomic E-state index is -3.57. The number of halogens is 1. The smallest absolute Gasteiger partial charge is 0.232 e. The Balaban J connectivity index is 3.22. The number of rotatable bonds is 5. The summed E-state index contributed by atoms with van der Waals surface area (Å²) in [4.78, 5) is 0. The average molecular weight is 275 g/mol. The van der Waals surface area contributed by atoms with Crippen LogP contribution in [0.3, 0.4) is 0 Å². The number of hydrogen-bond donors (Lipinski definition) is 3. The Morgan fingerprint density at radius 2 is 2.22 bits per heavy atom. The van der Waals surface area contributed by atoms with Gasteiger partial charge in [0.1, 0.15) is 5.82 Å². The Labute approximate surface area is 104 Å². The van der Waals surface area contributed by atoms with Crippen molar-refractivity contribution in [1.82, 2.24) is 0 Å². The number of hydrogen-bond acceptors (Lipinski definition) is 4. The van der Waals surface area contributed by atoms with Gasteiger partial charge >= 0.3 is 0 Å². The lowest BCUT2D eigenvalue weighted by atomic mass is 10.1. The lowest BCUT2D eigenvalue weighted by molar-refractivity contribution is 0.318. The fourth-order valence-electron chi connectivity index (χ4n) is 1.41. The second-order valence-corrected chi connectivity index (χ2v) is 5.41. The van der Waals surface area contributed by atoms with Crippen LogP contribution in [0, 0.1) is 5.82 Å².